The molecule has 0 aliphatic rings. The van der Waals surface area contributed by atoms with Gasteiger partial charge in [0.2, 0.25) is 0 Å². The second-order valence-electron chi connectivity index (χ2n) is 4.64. The molecule has 0 saturated carbocycles. The maximum Gasteiger partial charge on any atom is 0.182 e. The van der Waals surface area contributed by atoms with Crippen molar-refractivity contribution in [2.24, 2.45) is 0 Å². The van der Waals surface area contributed by atoms with Crippen LogP contribution in [0, 0.1) is 11.7 Å². The SMILES string of the molecule is CCOc1ccccc1-n1c(=S)[nH]c2cccc(C)c21. The molecule has 3 nitrogen and oxygen atoms in total. The number of hydrogen-bond acceptors (Lipinski definition) is 2. The molecule has 102 valence electrons. The van der Waals surface area contributed by atoms with Crippen molar-refractivity contribution in [1.29, 1.82) is 0 Å². The number of aromatic amines is 1. The van der Waals surface area contributed by atoms with Crippen LogP contribution in [-0.4, -0.2) is 16.2 Å². The lowest BCUT2D eigenvalue weighted by Crippen LogP contribution is -2.01. The molecular formula is C16H16N2OS. The second kappa shape index (κ2) is 5.13. The first-order valence-corrected chi connectivity index (χ1v) is 7.05. The van der Waals surface area contributed by atoms with Crippen LogP contribution in [0.4, 0.5) is 0 Å². The van der Waals surface area contributed by atoms with Crippen LogP contribution in [0.2, 0.25) is 0 Å². The summed E-state index contributed by atoms with van der Waals surface area (Å²) in [5, 5.41) is 0. The summed E-state index contributed by atoms with van der Waals surface area (Å²) in [5.74, 6) is 0.843. The van der Waals surface area contributed by atoms with Gasteiger partial charge in [0.25, 0.3) is 0 Å². The number of aromatic nitrogens is 2. The van der Waals surface area contributed by atoms with Gasteiger partial charge in [-0.2, -0.15) is 0 Å². The average Bonchev–Trinajstić information content (AvgIpc) is 2.77. The van der Waals surface area contributed by atoms with Crippen LogP contribution < -0.4 is 4.74 Å². The van der Waals surface area contributed by atoms with Gasteiger partial charge >= 0.3 is 0 Å². The van der Waals surface area contributed by atoms with Gasteiger partial charge in [-0.15, -0.1) is 0 Å². The summed E-state index contributed by atoms with van der Waals surface area (Å²) in [6.45, 7) is 4.70. The van der Waals surface area contributed by atoms with E-state index in [0.29, 0.717) is 11.4 Å². The van der Waals surface area contributed by atoms with Crippen molar-refractivity contribution in [1.82, 2.24) is 9.55 Å². The summed E-state index contributed by atoms with van der Waals surface area (Å²) in [5.41, 5.74) is 4.30. The van der Waals surface area contributed by atoms with Crippen molar-refractivity contribution in [2.45, 2.75) is 13.8 Å². The van der Waals surface area contributed by atoms with Gasteiger partial charge in [0, 0.05) is 0 Å². The minimum Gasteiger partial charge on any atom is -0.492 e. The van der Waals surface area contributed by atoms with Gasteiger partial charge in [-0.05, 0) is 49.8 Å². The third kappa shape index (κ3) is 2.02. The van der Waals surface area contributed by atoms with E-state index in [2.05, 4.69) is 18.0 Å². The Hall–Kier alpha value is -2.07. The zero-order valence-corrected chi connectivity index (χ0v) is 12.3. The maximum atomic E-state index is 5.72. The Morgan fingerprint density at radius 1 is 1.15 bits per heavy atom. The first-order valence-electron chi connectivity index (χ1n) is 6.65. The minimum absolute atomic E-state index is 0.631. The lowest BCUT2D eigenvalue weighted by molar-refractivity contribution is 0.339. The smallest absolute Gasteiger partial charge is 0.182 e. The predicted molar refractivity (Wildman–Crippen MR) is 84.4 cm³/mol. The van der Waals surface area contributed by atoms with Gasteiger partial charge in [-0.1, -0.05) is 24.3 Å². The van der Waals surface area contributed by atoms with Crippen LogP contribution in [-0.2, 0) is 0 Å². The van der Waals surface area contributed by atoms with Crippen LogP contribution in [0.25, 0.3) is 16.7 Å². The van der Waals surface area contributed by atoms with Crippen molar-refractivity contribution in [3.63, 3.8) is 0 Å². The fraction of sp³-hybridized carbons (Fsp3) is 0.188. The average molecular weight is 284 g/mol. The highest BCUT2D eigenvalue weighted by Gasteiger charge is 2.12. The second-order valence-corrected chi connectivity index (χ2v) is 5.02. The predicted octanol–water partition coefficient (Wildman–Crippen LogP) is 4.40. The monoisotopic (exact) mass is 284 g/mol. The van der Waals surface area contributed by atoms with E-state index in [1.165, 1.54) is 5.56 Å². The van der Waals surface area contributed by atoms with Crippen LogP contribution in [0.3, 0.4) is 0 Å². The molecule has 0 saturated heterocycles. The van der Waals surface area contributed by atoms with Crippen molar-refractivity contribution >= 4 is 23.3 Å². The highest BCUT2D eigenvalue weighted by atomic mass is 32.1. The number of aryl methyl sites for hydroxylation is 1. The number of imidazole rings is 1. The molecule has 1 aromatic heterocycles. The molecular weight excluding hydrogens is 268 g/mol. The summed E-state index contributed by atoms with van der Waals surface area (Å²) in [7, 11) is 0. The van der Waals surface area contributed by atoms with Crippen molar-refractivity contribution < 1.29 is 4.74 Å². The summed E-state index contributed by atoms with van der Waals surface area (Å²) in [6.07, 6.45) is 0. The fourth-order valence-electron chi connectivity index (χ4n) is 2.48. The van der Waals surface area contributed by atoms with Crippen molar-refractivity contribution in [3.8, 4) is 11.4 Å². The van der Waals surface area contributed by atoms with E-state index in [-0.39, 0.29) is 0 Å². The number of nitrogens with one attached hydrogen (secondary N) is 1. The molecule has 0 amide bonds. The van der Waals surface area contributed by atoms with Gasteiger partial charge in [0.1, 0.15) is 5.75 Å². The van der Waals surface area contributed by atoms with E-state index in [0.717, 1.165) is 22.5 Å². The summed E-state index contributed by atoms with van der Waals surface area (Å²) in [4.78, 5) is 3.26. The molecule has 0 radical (unpaired) electrons. The normalized spacial score (nSPS) is 10.9. The molecule has 3 aromatic rings. The lowest BCUT2D eigenvalue weighted by atomic mass is 10.2. The van der Waals surface area contributed by atoms with Crippen LogP contribution in [0.5, 0.6) is 5.75 Å². The van der Waals surface area contributed by atoms with E-state index in [1.54, 1.807) is 0 Å². The molecule has 1 N–H and O–H groups in total. The number of fused-ring (bicyclic) bond motifs is 1. The standard InChI is InChI=1S/C16H16N2OS/c1-3-19-14-10-5-4-9-13(14)18-15-11(2)7-6-8-12(15)17-16(18)20/h4-10H,3H2,1-2H3,(H,17,20). The highest BCUT2D eigenvalue weighted by Crippen LogP contribution is 2.28. The molecule has 0 atom stereocenters. The van der Waals surface area contributed by atoms with Gasteiger partial charge in [-0.25, -0.2) is 0 Å². The highest BCUT2D eigenvalue weighted by molar-refractivity contribution is 7.71. The topological polar surface area (TPSA) is 29.9 Å². The Balaban J connectivity index is 2.35. The lowest BCUT2D eigenvalue weighted by Gasteiger charge is -2.12. The Morgan fingerprint density at radius 3 is 2.75 bits per heavy atom. The maximum absolute atomic E-state index is 5.72. The third-order valence-corrected chi connectivity index (χ3v) is 3.60. The van der Waals surface area contributed by atoms with Crippen molar-refractivity contribution in [2.75, 3.05) is 6.61 Å². The van der Waals surface area contributed by atoms with Gasteiger partial charge in [0.15, 0.2) is 4.77 Å². The van der Waals surface area contributed by atoms with Crippen molar-refractivity contribution in [3.05, 3.63) is 52.8 Å². The molecule has 0 unspecified atom stereocenters. The number of rotatable bonds is 3. The number of hydrogen-bond donors (Lipinski definition) is 1. The number of benzene rings is 2. The molecule has 20 heavy (non-hydrogen) atoms. The molecule has 0 bridgehead atoms. The van der Waals surface area contributed by atoms with Gasteiger partial charge < -0.3 is 9.72 Å². The molecule has 2 aromatic carbocycles. The van der Waals surface area contributed by atoms with E-state index >= 15 is 0 Å². The third-order valence-electron chi connectivity index (χ3n) is 3.31. The quantitative estimate of drug-likeness (QED) is 0.723. The van der Waals surface area contributed by atoms with Gasteiger partial charge in [-0.3, -0.25) is 4.57 Å². The van der Waals surface area contributed by atoms with E-state index in [9.17, 15) is 0 Å². The summed E-state index contributed by atoms with van der Waals surface area (Å²) < 4.78 is 8.45. The van der Waals surface area contributed by atoms with E-state index < -0.39 is 0 Å². The molecule has 0 aliphatic carbocycles. The first kappa shape index (κ1) is 12.9. The zero-order valence-electron chi connectivity index (χ0n) is 11.5. The first-order chi connectivity index (χ1) is 9.72. The summed E-state index contributed by atoms with van der Waals surface area (Å²) >= 11 is 5.49. The zero-order chi connectivity index (χ0) is 14.1. The van der Waals surface area contributed by atoms with Crippen LogP contribution >= 0.6 is 12.2 Å². The van der Waals surface area contributed by atoms with E-state index in [4.69, 9.17) is 17.0 Å². The Bertz CT molecular complexity index is 817. The number of ether oxygens (including phenoxy) is 1. The Morgan fingerprint density at radius 2 is 1.95 bits per heavy atom. The molecule has 1 heterocycles. The summed E-state index contributed by atoms with van der Waals surface area (Å²) in [6, 6.07) is 14.1. The number of H-pyrrole nitrogens is 1. The molecule has 4 heteroatoms. The number of nitrogens with zero attached hydrogens (tertiary/aromatic N) is 1. The van der Waals surface area contributed by atoms with Crippen LogP contribution in [0.1, 0.15) is 12.5 Å². The van der Waals surface area contributed by atoms with E-state index in [1.807, 2.05) is 47.9 Å². The number of para-hydroxylation sites is 3. The van der Waals surface area contributed by atoms with Gasteiger partial charge in [0.05, 0.1) is 23.3 Å². The molecule has 0 fully saturated rings. The Labute approximate surface area is 122 Å². The Kier molecular flexibility index (Phi) is 3.32. The van der Waals surface area contributed by atoms with Crippen LogP contribution in [0.15, 0.2) is 42.5 Å². The molecule has 0 aliphatic heterocycles. The largest absolute Gasteiger partial charge is 0.492 e. The molecule has 0 spiro atoms. The minimum atomic E-state index is 0.631. The fourth-order valence-corrected chi connectivity index (χ4v) is 2.78. The molecule has 3 rings (SSSR count).